The van der Waals surface area contributed by atoms with Gasteiger partial charge >= 0.3 is 0 Å². The van der Waals surface area contributed by atoms with Crippen molar-refractivity contribution >= 4 is 5.95 Å². The Morgan fingerprint density at radius 2 is 2.00 bits per heavy atom. The largest absolute Gasteiger partial charge is 0.345 e. The van der Waals surface area contributed by atoms with Gasteiger partial charge in [-0.2, -0.15) is 0 Å². The summed E-state index contributed by atoms with van der Waals surface area (Å²) in [5.74, 6) is 1.13. The van der Waals surface area contributed by atoms with E-state index in [1.54, 1.807) is 0 Å². The molecule has 0 saturated carbocycles. The number of aromatic nitrogens is 2. The van der Waals surface area contributed by atoms with E-state index in [0.29, 0.717) is 0 Å². The predicted molar refractivity (Wildman–Crippen MR) is 58.8 cm³/mol. The van der Waals surface area contributed by atoms with Gasteiger partial charge in [-0.1, -0.05) is 20.8 Å². The molecule has 0 atom stereocenters. The molecule has 1 aromatic heterocycles. The fourth-order valence-electron chi connectivity index (χ4n) is 2.06. The lowest BCUT2D eigenvalue weighted by molar-refractivity contribution is 0.489. The van der Waals surface area contributed by atoms with E-state index >= 15 is 0 Å². The lowest BCUT2D eigenvalue weighted by atomic mass is 9.92. The van der Waals surface area contributed by atoms with Gasteiger partial charge in [0, 0.05) is 31.2 Å². The van der Waals surface area contributed by atoms with Crippen LogP contribution in [0.5, 0.6) is 0 Å². The van der Waals surface area contributed by atoms with Gasteiger partial charge in [-0.05, 0) is 6.42 Å². The number of hydrogen-bond acceptors (Lipinski definition) is 2. The predicted octanol–water partition coefficient (Wildman–Crippen LogP) is 2.02. The molecule has 1 aliphatic rings. The summed E-state index contributed by atoms with van der Waals surface area (Å²) < 4.78 is 2.35. The SMILES string of the molecule is CN1CCCn2c(C(C)(C)C)cnc21. The van der Waals surface area contributed by atoms with Gasteiger partial charge < -0.3 is 9.47 Å². The number of anilines is 1. The minimum absolute atomic E-state index is 0.198. The molecule has 14 heavy (non-hydrogen) atoms. The lowest BCUT2D eigenvalue weighted by Crippen LogP contribution is -2.30. The van der Waals surface area contributed by atoms with Crippen molar-refractivity contribution in [2.24, 2.45) is 0 Å². The summed E-state index contributed by atoms with van der Waals surface area (Å²) >= 11 is 0. The van der Waals surface area contributed by atoms with E-state index in [0.717, 1.165) is 19.0 Å². The average molecular weight is 193 g/mol. The summed E-state index contributed by atoms with van der Waals surface area (Å²) in [6, 6.07) is 0. The van der Waals surface area contributed by atoms with Crippen molar-refractivity contribution in [1.82, 2.24) is 9.55 Å². The van der Waals surface area contributed by atoms with Crippen molar-refractivity contribution in [3.05, 3.63) is 11.9 Å². The van der Waals surface area contributed by atoms with E-state index in [9.17, 15) is 0 Å². The van der Waals surface area contributed by atoms with Crippen LogP contribution in [0.3, 0.4) is 0 Å². The van der Waals surface area contributed by atoms with E-state index in [-0.39, 0.29) is 5.41 Å². The van der Waals surface area contributed by atoms with E-state index in [4.69, 9.17) is 0 Å². The van der Waals surface area contributed by atoms with Crippen LogP contribution in [0.2, 0.25) is 0 Å². The molecule has 2 rings (SSSR count). The molecule has 0 aliphatic carbocycles. The Hall–Kier alpha value is -0.990. The summed E-state index contributed by atoms with van der Waals surface area (Å²) in [4.78, 5) is 6.73. The molecule has 0 spiro atoms. The number of rotatable bonds is 0. The minimum Gasteiger partial charge on any atom is -0.345 e. The maximum absolute atomic E-state index is 4.49. The monoisotopic (exact) mass is 193 g/mol. The topological polar surface area (TPSA) is 21.1 Å². The van der Waals surface area contributed by atoms with Crippen LogP contribution in [0.15, 0.2) is 6.20 Å². The van der Waals surface area contributed by atoms with Crippen LogP contribution in [0.1, 0.15) is 32.9 Å². The molecule has 2 heterocycles. The summed E-state index contributed by atoms with van der Waals surface area (Å²) in [7, 11) is 2.12. The molecule has 0 bridgehead atoms. The highest BCUT2D eigenvalue weighted by Gasteiger charge is 2.24. The Balaban J connectivity index is 2.46. The first-order valence-electron chi connectivity index (χ1n) is 5.27. The van der Waals surface area contributed by atoms with Crippen molar-refractivity contribution in [3.8, 4) is 0 Å². The maximum Gasteiger partial charge on any atom is 0.205 e. The van der Waals surface area contributed by atoms with Crippen molar-refractivity contribution < 1.29 is 0 Å². The quantitative estimate of drug-likeness (QED) is 0.628. The van der Waals surface area contributed by atoms with Gasteiger partial charge in [-0.25, -0.2) is 4.98 Å². The second kappa shape index (κ2) is 3.01. The molecule has 0 saturated heterocycles. The van der Waals surface area contributed by atoms with Crippen LogP contribution in [0, 0.1) is 0 Å². The first-order valence-corrected chi connectivity index (χ1v) is 5.27. The third-order valence-corrected chi connectivity index (χ3v) is 2.82. The second-order valence-electron chi connectivity index (χ2n) is 5.12. The molecule has 78 valence electrons. The third kappa shape index (κ3) is 1.41. The fourth-order valence-corrected chi connectivity index (χ4v) is 2.06. The molecular formula is C11H19N3. The Labute approximate surface area is 85.7 Å². The molecule has 0 fully saturated rings. The van der Waals surface area contributed by atoms with Crippen molar-refractivity contribution in [1.29, 1.82) is 0 Å². The van der Waals surface area contributed by atoms with Crippen LogP contribution in [-0.4, -0.2) is 23.1 Å². The highest BCUT2D eigenvalue weighted by molar-refractivity contribution is 5.36. The van der Waals surface area contributed by atoms with Crippen LogP contribution >= 0.6 is 0 Å². The summed E-state index contributed by atoms with van der Waals surface area (Å²) in [5, 5.41) is 0. The molecule has 1 aliphatic heterocycles. The molecule has 1 aromatic rings. The first-order chi connectivity index (χ1) is 6.50. The Morgan fingerprint density at radius 3 is 2.64 bits per heavy atom. The standard InChI is InChI=1S/C11H19N3/c1-11(2,3)9-8-12-10-13(4)6-5-7-14(9)10/h8H,5-7H2,1-4H3. The van der Waals surface area contributed by atoms with Crippen LogP contribution in [-0.2, 0) is 12.0 Å². The number of hydrogen-bond donors (Lipinski definition) is 0. The first kappa shape index (κ1) is 9.56. The maximum atomic E-state index is 4.49. The second-order valence-corrected chi connectivity index (χ2v) is 5.12. The number of fused-ring (bicyclic) bond motifs is 1. The molecule has 3 heteroatoms. The minimum atomic E-state index is 0.198. The molecule has 0 radical (unpaired) electrons. The Kier molecular flexibility index (Phi) is 2.05. The molecule has 0 amide bonds. The lowest BCUT2D eigenvalue weighted by Gasteiger charge is -2.29. The smallest absolute Gasteiger partial charge is 0.205 e. The Morgan fingerprint density at radius 1 is 1.29 bits per heavy atom. The van der Waals surface area contributed by atoms with Gasteiger partial charge in [0.15, 0.2) is 0 Å². The van der Waals surface area contributed by atoms with Gasteiger partial charge in [0.05, 0.1) is 6.20 Å². The van der Waals surface area contributed by atoms with E-state index in [2.05, 4.69) is 42.3 Å². The van der Waals surface area contributed by atoms with Crippen molar-refractivity contribution in [2.75, 3.05) is 18.5 Å². The van der Waals surface area contributed by atoms with Crippen LogP contribution in [0.25, 0.3) is 0 Å². The molecule has 3 nitrogen and oxygen atoms in total. The number of imidazole rings is 1. The average Bonchev–Trinajstić information content (AvgIpc) is 2.47. The molecule has 0 aromatic carbocycles. The molecule has 0 unspecified atom stereocenters. The van der Waals surface area contributed by atoms with Crippen molar-refractivity contribution in [3.63, 3.8) is 0 Å². The highest BCUT2D eigenvalue weighted by atomic mass is 15.3. The normalized spacial score (nSPS) is 17.0. The Bertz CT molecular complexity index is 333. The van der Waals surface area contributed by atoms with Crippen LogP contribution < -0.4 is 4.90 Å². The molecular weight excluding hydrogens is 174 g/mol. The molecule has 0 N–H and O–H groups in total. The zero-order valence-electron chi connectivity index (χ0n) is 9.54. The fraction of sp³-hybridized carbons (Fsp3) is 0.727. The van der Waals surface area contributed by atoms with Gasteiger partial charge in [-0.15, -0.1) is 0 Å². The zero-order valence-corrected chi connectivity index (χ0v) is 9.54. The van der Waals surface area contributed by atoms with Crippen LogP contribution in [0.4, 0.5) is 5.95 Å². The summed E-state index contributed by atoms with van der Waals surface area (Å²) in [6.07, 6.45) is 3.25. The highest BCUT2D eigenvalue weighted by Crippen LogP contribution is 2.28. The van der Waals surface area contributed by atoms with Gasteiger partial charge in [-0.3, -0.25) is 0 Å². The summed E-state index contributed by atoms with van der Waals surface area (Å²) in [6.45, 7) is 8.97. The third-order valence-electron chi connectivity index (χ3n) is 2.82. The van der Waals surface area contributed by atoms with Gasteiger partial charge in [0.25, 0.3) is 0 Å². The summed E-state index contributed by atoms with van der Waals surface area (Å²) in [5.41, 5.74) is 1.54. The van der Waals surface area contributed by atoms with Gasteiger partial charge in [0.1, 0.15) is 0 Å². The number of nitrogens with zero attached hydrogens (tertiary/aromatic N) is 3. The zero-order chi connectivity index (χ0) is 10.3. The van der Waals surface area contributed by atoms with E-state index < -0.39 is 0 Å². The van der Waals surface area contributed by atoms with E-state index in [1.165, 1.54) is 12.1 Å². The van der Waals surface area contributed by atoms with E-state index in [1.807, 2.05) is 6.20 Å². The van der Waals surface area contributed by atoms with Gasteiger partial charge in [0.2, 0.25) is 5.95 Å². The van der Waals surface area contributed by atoms with Crippen molar-refractivity contribution in [2.45, 2.75) is 39.2 Å².